The van der Waals surface area contributed by atoms with Crippen molar-refractivity contribution in [2.24, 2.45) is 11.3 Å². The Labute approximate surface area is 120 Å². The summed E-state index contributed by atoms with van der Waals surface area (Å²) in [6.45, 7) is 12.3. The average molecular weight is 266 g/mol. The lowest BCUT2D eigenvalue weighted by molar-refractivity contribution is 0.156. The Morgan fingerprint density at radius 2 is 1.58 bits per heavy atom. The van der Waals surface area contributed by atoms with Crippen LogP contribution in [0.2, 0.25) is 0 Å². The molecule has 0 unspecified atom stereocenters. The van der Waals surface area contributed by atoms with Gasteiger partial charge in [0.05, 0.1) is 0 Å². The number of rotatable bonds is 4. The van der Waals surface area contributed by atoms with E-state index in [4.69, 9.17) is 0 Å². The first kappa shape index (κ1) is 15.3. The molecule has 0 aromatic carbocycles. The van der Waals surface area contributed by atoms with Crippen molar-refractivity contribution in [1.82, 2.24) is 10.2 Å². The van der Waals surface area contributed by atoms with E-state index in [-0.39, 0.29) is 0 Å². The topological polar surface area (TPSA) is 15.3 Å². The van der Waals surface area contributed by atoms with Crippen LogP contribution in [-0.4, -0.2) is 37.1 Å². The Balaban J connectivity index is 1.58. The molecule has 2 heteroatoms. The van der Waals surface area contributed by atoms with Gasteiger partial charge in [-0.2, -0.15) is 0 Å². The van der Waals surface area contributed by atoms with Crippen LogP contribution in [0, 0.1) is 11.3 Å². The molecule has 2 rings (SSSR count). The van der Waals surface area contributed by atoms with Crippen LogP contribution in [0.15, 0.2) is 0 Å². The zero-order chi connectivity index (χ0) is 13.7. The van der Waals surface area contributed by atoms with E-state index in [2.05, 4.69) is 31.0 Å². The molecule has 112 valence electrons. The smallest absolute Gasteiger partial charge is 0.0107 e. The Hall–Kier alpha value is -0.0800. The number of likely N-dealkylation sites (tertiary alicyclic amines) is 1. The van der Waals surface area contributed by atoms with E-state index < -0.39 is 0 Å². The zero-order valence-electron chi connectivity index (χ0n) is 13.4. The molecular formula is C17H34N2. The largest absolute Gasteiger partial charge is 0.313 e. The van der Waals surface area contributed by atoms with Gasteiger partial charge >= 0.3 is 0 Å². The standard InChI is InChI=1S/C17H34N2/c1-17(2,3)15-7-9-16(10-8-15)18-11-14-19-12-5-4-6-13-19/h15-16,18H,4-14H2,1-3H3. The van der Waals surface area contributed by atoms with Crippen molar-refractivity contribution in [3.05, 3.63) is 0 Å². The van der Waals surface area contributed by atoms with E-state index in [9.17, 15) is 0 Å². The van der Waals surface area contributed by atoms with Crippen LogP contribution in [0.3, 0.4) is 0 Å². The van der Waals surface area contributed by atoms with E-state index >= 15 is 0 Å². The summed E-state index contributed by atoms with van der Waals surface area (Å²) < 4.78 is 0. The minimum absolute atomic E-state index is 0.513. The summed E-state index contributed by atoms with van der Waals surface area (Å²) in [6, 6.07) is 0.795. The number of hydrogen-bond donors (Lipinski definition) is 1. The molecule has 0 aromatic heterocycles. The molecule has 19 heavy (non-hydrogen) atoms. The van der Waals surface area contributed by atoms with E-state index in [1.165, 1.54) is 71.1 Å². The fourth-order valence-electron chi connectivity index (χ4n) is 3.77. The van der Waals surface area contributed by atoms with Crippen molar-refractivity contribution < 1.29 is 0 Å². The van der Waals surface area contributed by atoms with Crippen molar-refractivity contribution in [2.45, 2.75) is 71.8 Å². The monoisotopic (exact) mass is 266 g/mol. The van der Waals surface area contributed by atoms with Crippen LogP contribution in [0.4, 0.5) is 0 Å². The number of hydrogen-bond acceptors (Lipinski definition) is 2. The molecule has 2 fully saturated rings. The summed E-state index contributed by atoms with van der Waals surface area (Å²) >= 11 is 0. The lowest BCUT2D eigenvalue weighted by Crippen LogP contribution is -2.41. The highest BCUT2D eigenvalue weighted by molar-refractivity contribution is 4.83. The number of nitrogens with zero attached hydrogens (tertiary/aromatic N) is 1. The molecule has 2 aliphatic rings. The summed E-state index contributed by atoms with van der Waals surface area (Å²) in [6.07, 6.45) is 9.90. The van der Waals surface area contributed by atoms with Gasteiger partial charge in [0.2, 0.25) is 0 Å². The first-order chi connectivity index (χ1) is 9.05. The van der Waals surface area contributed by atoms with Crippen molar-refractivity contribution in [1.29, 1.82) is 0 Å². The maximum Gasteiger partial charge on any atom is 0.0107 e. The minimum atomic E-state index is 0.513. The van der Waals surface area contributed by atoms with Crippen molar-refractivity contribution in [3.8, 4) is 0 Å². The minimum Gasteiger partial charge on any atom is -0.313 e. The third-order valence-corrected chi connectivity index (χ3v) is 5.26. The maximum absolute atomic E-state index is 3.80. The van der Waals surface area contributed by atoms with Crippen molar-refractivity contribution in [3.63, 3.8) is 0 Å². The molecular weight excluding hydrogens is 232 g/mol. The molecule has 1 aliphatic carbocycles. The van der Waals surface area contributed by atoms with Gasteiger partial charge in [-0.15, -0.1) is 0 Å². The molecule has 0 spiro atoms. The second-order valence-corrected chi connectivity index (χ2v) is 7.77. The summed E-state index contributed by atoms with van der Waals surface area (Å²) in [5.74, 6) is 0.938. The van der Waals surface area contributed by atoms with Gasteiger partial charge < -0.3 is 10.2 Å². The fourth-order valence-corrected chi connectivity index (χ4v) is 3.77. The van der Waals surface area contributed by atoms with Crippen molar-refractivity contribution in [2.75, 3.05) is 26.2 Å². The van der Waals surface area contributed by atoms with Gasteiger partial charge in [0.1, 0.15) is 0 Å². The zero-order valence-corrected chi connectivity index (χ0v) is 13.4. The van der Waals surface area contributed by atoms with Crippen LogP contribution in [0.1, 0.15) is 65.7 Å². The maximum atomic E-state index is 3.80. The molecule has 1 N–H and O–H groups in total. The quantitative estimate of drug-likeness (QED) is 0.835. The molecule has 2 nitrogen and oxygen atoms in total. The Morgan fingerprint density at radius 1 is 0.947 bits per heavy atom. The van der Waals surface area contributed by atoms with Crippen LogP contribution in [0.5, 0.6) is 0 Å². The lowest BCUT2D eigenvalue weighted by Gasteiger charge is -2.37. The third kappa shape index (κ3) is 5.07. The third-order valence-electron chi connectivity index (χ3n) is 5.26. The molecule has 0 atom stereocenters. The van der Waals surface area contributed by atoms with E-state index in [1.807, 2.05) is 0 Å². The van der Waals surface area contributed by atoms with Crippen molar-refractivity contribution >= 4 is 0 Å². The first-order valence-corrected chi connectivity index (χ1v) is 8.51. The Bertz CT molecular complexity index is 242. The predicted octanol–water partition coefficient (Wildman–Crippen LogP) is 3.67. The molecule has 1 heterocycles. The van der Waals surface area contributed by atoms with Crippen LogP contribution in [0.25, 0.3) is 0 Å². The van der Waals surface area contributed by atoms with Crippen LogP contribution >= 0.6 is 0 Å². The Morgan fingerprint density at radius 3 is 2.16 bits per heavy atom. The first-order valence-electron chi connectivity index (χ1n) is 8.51. The van der Waals surface area contributed by atoms with Gasteiger partial charge in [-0.3, -0.25) is 0 Å². The summed E-state index contributed by atoms with van der Waals surface area (Å²) in [4.78, 5) is 2.64. The van der Waals surface area contributed by atoms with E-state index in [0.29, 0.717) is 5.41 Å². The molecule has 0 bridgehead atoms. The van der Waals surface area contributed by atoms with Gasteiger partial charge in [0, 0.05) is 19.1 Å². The van der Waals surface area contributed by atoms with E-state index in [1.54, 1.807) is 0 Å². The lowest BCUT2D eigenvalue weighted by atomic mass is 9.71. The summed E-state index contributed by atoms with van der Waals surface area (Å²) in [5.41, 5.74) is 0.513. The highest BCUT2D eigenvalue weighted by Gasteiger charge is 2.29. The fraction of sp³-hybridized carbons (Fsp3) is 1.00. The molecule has 0 radical (unpaired) electrons. The molecule has 1 aliphatic heterocycles. The van der Waals surface area contributed by atoms with Crippen LogP contribution in [-0.2, 0) is 0 Å². The molecule has 1 saturated carbocycles. The normalized spacial score (nSPS) is 30.5. The van der Waals surface area contributed by atoms with Gasteiger partial charge in [-0.05, 0) is 62.9 Å². The molecule has 0 amide bonds. The van der Waals surface area contributed by atoms with Gasteiger partial charge in [0.15, 0.2) is 0 Å². The molecule has 0 aromatic rings. The Kier molecular flexibility index (Phi) is 5.70. The number of piperidine rings is 1. The van der Waals surface area contributed by atoms with Gasteiger partial charge in [-0.1, -0.05) is 27.2 Å². The highest BCUT2D eigenvalue weighted by Crippen LogP contribution is 2.37. The predicted molar refractivity (Wildman–Crippen MR) is 83.5 cm³/mol. The highest BCUT2D eigenvalue weighted by atomic mass is 15.1. The second-order valence-electron chi connectivity index (χ2n) is 7.77. The summed E-state index contributed by atoms with van der Waals surface area (Å²) in [7, 11) is 0. The SMILES string of the molecule is CC(C)(C)C1CCC(NCCN2CCCCC2)CC1. The van der Waals surface area contributed by atoms with Gasteiger partial charge in [0.25, 0.3) is 0 Å². The second kappa shape index (κ2) is 7.08. The van der Waals surface area contributed by atoms with Gasteiger partial charge in [-0.25, -0.2) is 0 Å². The number of nitrogens with one attached hydrogen (secondary N) is 1. The average Bonchev–Trinajstić information content (AvgIpc) is 2.39. The molecule has 1 saturated heterocycles. The van der Waals surface area contributed by atoms with E-state index in [0.717, 1.165) is 12.0 Å². The summed E-state index contributed by atoms with van der Waals surface area (Å²) in [5, 5.41) is 3.80. The van der Waals surface area contributed by atoms with Crippen LogP contribution < -0.4 is 5.32 Å².